The van der Waals surface area contributed by atoms with Gasteiger partial charge < -0.3 is 20.4 Å². The Morgan fingerprint density at radius 2 is 1.65 bits per heavy atom. The number of carbonyl (C=O) groups excluding carboxylic acids is 4. The molecule has 0 saturated carbocycles. The number of rotatable bonds is 4. The Hall–Kier alpha value is -2.12. The molecule has 0 radical (unpaired) electrons. The van der Waals surface area contributed by atoms with Crippen LogP contribution >= 0.6 is 0 Å². The molecule has 0 spiro atoms. The molecule has 126 valence electrons. The summed E-state index contributed by atoms with van der Waals surface area (Å²) in [6, 6.07) is -0.851. The summed E-state index contributed by atoms with van der Waals surface area (Å²) in [5.74, 6) is -0.293. The summed E-state index contributed by atoms with van der Waals surface area (Å²) in [4.78, 5) is 50.6. The first-order valence-corrected chi connectivity index (χ1v) is 8.17. The maximum Gasteiger partial charge on any atom is 0.245 e. The normalized spacial score (nSPS) is 27.4. The topological polar surface area (TPSA) is 98.8 Å². The molecule has 0 bridgehead atoms. The van der Waals surface area contributed by atoms with Crippen LogP contribution in [0.5, 0.6) is 0 Å². The Morgan fingerprint density at radius 1 is 1.09 bits per heavy atom. The molecule has 0 unspecified atom stereocenters. The predicted octanol–water partition coefficient (Wildman–Crippen LogP) is -1.40. The van der Waals surface area contributed by atoms with Gasteiger partial charge in [0, 0.05) is 32.5 Å². The second kappa shape index (κ2) is 6.17. The fourth-order valence-corrected chi connectivity index (χ4v) is 3.45. The van der Waals surface area contributed by atoms with Gasteiger partial charge in [-0.15, -0.1) is 0 Å². The van der Waals surface area contributed by atoms with Crippen LogP contribution in [0.4, 0.5) is 0 Å². The van der Waals surface area contributed by atoms with Crippen molar-refractivity contribution in [1.82, 2.24) is 20.4 Å². The van der Waals surface area contributed by atoms with Crippen molar-refractivity contribution in [1.29, 1.82) is 0 Å². The van der Waals surface area contributed by atoms with E-state index < -0.39 is 12.1 Å². The molecule has 8 nitrogen and oxygen atoms in total. The number of likely N-dealkylation sites (N-methyl/N-ethyl adjacent to an activating group) is 1. The highest BCUT2D eigenvalue weighted by molar-refractivity contribution is 5.92. The highest BCUT2D eigenvalue weighted by atomic mass is 16.2. The molecule has 3 heterocycles. The van der Waals surface area contributed by atoms with Crippen molar-refractivity contribution in [2.45, 2.75) is 50.7 Å². The van der Waals surface area contributed by atoms with E-state index in [4.69, 9.17) is 0 Å². The summed E-state index contributed by atoms with van der Waals surface area (Å²) < 4.78 is 0. The Morgan fingerprint density at radius 3 is 2.13 bits per heavy atom. The van der Waals surface area contributed by atoms with Crippen molar-refractivity contribution >= 4 is 23.6 Å². The summed E-state index contributed by atoms with van der Waals surface area (Å²) in [6.07, 6.45) is 1.88. The average molecular weight is 322 g/mol. The van der Waals surface area contributed by atoms with Crippen LogP contribution in [0.25, 0.3) is 0 Å². The fraction of sp³-hybridized carbons (Fsp3) is 0.733. The first-order chi connectivity index (χ1) is 11.0. The van der Waals surface area contributed by atoms with E-state index in [0.29, 0.717) is 45.3 Å². The molecule has 4 amide bonds. The SMILES string of the molecule is CCN(C(=O)[C@H]1CCC(=O)N1)C1CN(C(=O)[C@H]2CCC(=O)N2)C1. The third-order valence-electron chi connectivity index (χ3n) is 4.83. The van der Waals surface area contributed by atoms with Crippen molar-refractivity contribution in [2.75, 3.05) is 19.6 Å². The van der Waals surface area contributed by atoms with Crippen molar-refractivity contribution in [2.24, 2.45) is 0 Å². The molecule has 3 rings (SSSR count). The lowest BCUT2D eigenvalue weighted by Crippen LogP contribution is -2.65. The number of carbonyl (C=O) groups is 4. The minimum Gasteiger partial charge on any atom is -0.344 e. The zero-order chi connectivity index (χ0) is 16.6. The van der Waals surface area contributed by atoms with Crippen LogP contribution in [0.3, 0.4) is 0 Å². The Kier molecular flexibility index (Phi) is 4.23. The van der Waals surface area contributed by atoms with Gasteiger partial charge in [0.05, 0.1) is 6.04 Å². The number of nitrogens with one attached hydrogen (secondary N) is 2. The second-order valence-electron chi connectivity index (χ2n) is 6.34. The lowest BCUT2D eigenvalue weighted by Gasteiger charge is -2.46. The number of hydrogen-bond acceptors (Lipinski definition) is 4. The summed E-state index contributed by atoms with van der Waals surface area (Å²) in [5, 5.41) is 5.37. The standard InChI is InChI=1S/C15H22N4O4/c1-2-19(15(23)11-4-6-13(21)17-11)9-7-18(8-9)14(22)10-3-5-12(20)16-10/h9-11H,2-8H2,1H3,(H,16,20)(H,17,21)/t10-,11-/m1/s1. The second-order valence-corrected chi connectivity index (χ2v) is 6.34. The van der Waals surface area contributed by atoms with Crippen LogP contribution in [0.1, 0.15) is 32.6 Å². The number of amides is 4. The average Bonchev–Trinajstić information content (AvgIpc) is 3.09. The van der Waals surface area contributed by atoms with Crippen LogP contribution in [-0.4, -0.2) is 71.2 Å². The predicted molar refractivity (Wildman–Crippen MR) is 80.1 cm³/mol. The summed E-state index contributed by atoms with van der Waals surface area (Å²) in [5.41, 5.74) is 0. The first-order valence-electron chi connectivity index (χ1n) is 8.17. The van der Waals surface area contributed by atoms with E-state index in [-0.39, 0.29) is 29.7 Å². The van der Waals surface area contributed by atoms with Gasteiger partial charge in [-0.25, -0.2) is 0 Å². The zero-order valence-corrected chi connectivity index (χ0v) is 13.2. The maximum absolute atomic E-state index is 12.5. The zero-order valence-electron chi connectivity index (χ0n) is 13.2. The highest BCUT2D eigenvalue weighted by Crippen LogP contribution is 2.21. The third-order valence-corrected chi connectivity index (χ3v) is 4.83. The van der Waals surface area contributed by atoms with E-state index in [1.54, 1.807) is 9.80 Å². The van der Waals surface area contributed by atoms with Gasteiger partial charge >= 0.3 is 0 Å². The molecular formula is C15H22N4O4. The quantitative estimate of drug-likeness (QED) is 0.665. The molecule has 3 saturated heterocycles. The van der Waals surface area contributed by atoms with Crippen LogP contribution < -0.4 is 10.6 Å². The van der Waals surface area contributed by atoms with E-state index in [1.165, 1.54) is 0 Å². The number of likely N-dealkylation sites (tertiary alicyclic amines) is 1. The summed E-state index contributed by atoms with van der Waals surface area (Å²) >= 11 is 0. The van der Waals surface area contributed by atoms with Crippen molar-refractivity contribution in [3.05, 3.63) is 0 Å². The minimum atomic E-state index is -0.429. The molecule has 2 atom stereocenters. The van der Waals surface area contributed by atoms with Gasteiger partial charge in [0.15, 0.2) is 0 Å². The van der Waals surface area contributed by atoms with Gasteiger partial charge in [-0.1, -0.05) is 0 Å². The molecule has 3 aliphatic rings. The molecule has 0 aromatic rings. The van der Waals surface area contributed by atoms with E-state index in [0.717, 1.165) is 0 Å². The molecule has 0 aromatic carbocycles. The van der Waals surface area contributed by atoms with Crippen LogP contribution in [-0.2, 0) is 19.2 Å². The molecule has 0 aromatic heterocycles. The molecular weight excluding hydrogens is 300 g/mol. The van der Waals surface area contributed by atoms with Gasteiger partial charge in [-0.2, -0.15) is 0 Å². The van der Waals surface area contributed by atoms with Crippen LogP contribution in [0.15, 0.2) is 0 Å². The third kappa shape index (κ3) is 3.02. The van der Waals surface area contributed by atoms with Crippen molar-refractivity contribution in [3.8, 4) is 0 Å². The Bertz CT molecular complexity index is 544. The van der Waals surface area contributed by atoms with Crippen LogP contribution in [0, 0.1) is 0 Å². The molecule has 23 heavy (non-hydrogen) atoms. The number of nitrogens with zero attached hydrogens (tertiary/aromatic N) is 2. The van der Waals surface area contributed by atoms with Crippen molar-refractivity contribution < 1.29 is 19.2 Å². The first kappa shape index (κ1) is 15.8. The van der Waals surface area contributed by atoms with Gasteiger partial charge in [0.25, 0.3) is 0 Å². The monoisotopic (exact) mass is 322 g/mol. The van der Waals surface area contributed by atoms with Gasteiger partial charge in [-0.05, 0) is 19.8 Å². The van der Waals surface area contributed by atoms with Gasteiger partial charge in [0.1, 0.15) is 12.1 Å². The molecule has 3 aliphatic heterocycles. The van der Waals surface area contributed by atoms with E-state index in [1.807, 2.05) is 6.92 Å². The maximum atomic E-state index is 12.5. The Labute approximate surface area is 134 Å². The Balaban J connectivity index is 1.52. The largest absolute Gasteiger partial charge is 0.344 e. The summed E-state index contributed by atoms with van der Waals surface area (Å²) in [6.45, 7) is 3.44. The minimum absolute atomic E-state index is 0.00828. The lowest BCUT2D eigenvalue weighted by molar-refractivity contribution is -0.148. The van der Waals surface area contributed by atoms with E-state index in [9.17, 15) is 19.2 Å². The lowest BCUT2D eigenvalue weighted by atomic mass is 10.0. The number of hydrogen-bond donors (Lipinski definition) is 2. The molecule has 8 heteroatoms. The molecule has 2 N–H and O–H groups in total. The molecule has 3 fully saturated rings. The van der Waals surface area contributed by atoms with Crippen LogP contribution in [0.2, 0.25) is 0 Å². The smallest absolute Gasteiger partial charge is 0.245 e. The van der Waals surface area contributed by atoms with E-state index >= 15 is 0 Å². The fourth-order valence-electron chi connectivity index (χ4n) is 3.45. The van der Waals surface area contributed by atoms with Crippen molar-refractivity contribution in [3.63, 3.8) is 0 Å². The molecule has 0 aliphatic carbocycles. The van der Waals surface area contributed by atoms with Gasteiger partial charge in [-0.3, -0.25) is 19.2 Å². The summed E-state index contributed by atoms with van der Waals surface area (Å²) in [7, 11) is 0. The highest BCUT2D eigenvalue weighted by Gasteiger charge is 2.42. The van der Waals surface area contributed by atoms with E-state index in [2.05, 4.69) is 10.6 Å². The van der Waals surface area contributed by atoms with Gasteiger partial charge in [0.2, 0.25) is 23.6 Å².